The van der Waals surface area contributed by atoms with E-state index in [9.17, 15) is 14.7 Å². The molecule has 1 saturated heterocycles. The SMILES string of the molecule is COc1cccc(CN2C(=O)C(=O)/C(=C(\O)c3ccc(OCC(C)C)cc3)C2c2ccccc2)c1. The Morgan fingerprint density at radius 3 is 2.31 bits per heavy atom. The van der Waals surface area contributed by atoms with E-state index in [0.29, 0.717) is 29.6 Å². The highest BCUT2D eigenvalue weighted by Gasteiger charge is 2.46. The van der Waals surface area contributed by atoms with E-state index in [2.05, 4.69) is 13.8 Å². The zero-order valence-corrected chi connectivity index (χ0v) is 20.1. The fourth-order valence-electron chi connectivity index (χ4n) is 4.12. The Balaban J connectivity index is 1.74. The van der Waals surface area contributed by atoms with Crippen molar-refractivity contribution in [2.45, 2.75) is 26.4 Å². The van der Waals surface area contributed by atoms with Crippen LogP contribution in [-0.4, -0.2) is 35.4 Å². The molecule has 1 aliphatic rings. The Bertz CT molecular complexity index is 1230. The molecule has 1 heterocycles. The van der Waals surface area contributed by atoms with E-state index in [1.54, 1.807) is 31.4 Å². The van der Waals surface area contributed by atoms with Crippen LogP contribution >= 0.6 is 0 Å². The van der Waals surface area contributed by atoms with Gasteiger partial charge < -0.3 is 19.5 Å². The zero-order chi connectivity index (χ0) is 24.9. The quantitative estimate of drug-likeness (QED) is 0.272. The molecule has 1 aliphatic heterocycles. The third kappa shape index (κ3) is 5.22. The molecule has 3 aromatic rings. The van der Waals surface area contributed by atoms with E-state index in [-0.39, 0.29) is 17.9 Å². The van der Waals surface area contributed by atoms with Crippen molar-refractivity contribution in [3.05, 3.63) is 101 Å². The van der Waals surface area contributed by atoms with Gasteiger partial charge >= 0.3 is 0 Å². The summed E-state index contributed by atoms with van der Waals surface area (Å²) >= 11 is 0. The smallest absolute Gasteiger partial charge is 0.295 e. The average Bonchev–Trinajstić information content (AvgIpc) is 3.13. The lowest BCUT2D eigenvalue weighted by Gasteiger charge is -2.25. The van der Waals surface area contributed by atoms with Crippen LogP contribution in [0, 0.1) is 5.92 Å². The number of benzene rings is 3. The number of Topliss-reactive ketones (excluding diaryl/α,β-unsaturated/α-hetero) is 1. The van der Waals surface area contributed by atoms with Crippen LogP contribution in [0.1, 0.15) is 36.6 Å². The number of ketones is 1. The molecule has 0 radical (unpaired) electrons. The molecule has 0 aliphatic carbocycles. The summed E-state index contributed by atoms with van der Waals surface area (Å²) in [6, 6.07) is 22.8. The normalized spacial score (nSPS) is 17.1. The number of aliphatic hydroxyl groups is 1. The molecule has 1 atom stereocenters. The van der Waals surface area contributed by atoms with Gasteiger partial charge in [0, 0.05) is 12.1 Å². The summed E-state index contributed by atoms with van der Waals surface area (Å²) in [6.07, 6.45) is 0. The summed E-state index contributed by atoms with van der Waals surface area (Å²) in [4.78, 5) is 27.9. The summed E-state index contributed by atoms with van der Waals surface area (Å²) < 4.78 is 11.0. The summed E-state index contributed by atoms with van der Waals surface area (Å²) in [5, 5.41) is 11.2. The topological polar surface area (TPSA) is 76.1 Å². The second-order valence-electron chi connectivity index (χ2n) is 8.92. The number of carbonyl (C=O) groups excluding carboxylic acids is 2. The maximum absolute atomic E-state index is 13.2. The van der Waals surface area contributed by atoms with Gasteiger partial charge in [0.05, 0.1) is 25.3 Å². The number of carbonyl (C=O) groups is 2. The van der Waals surface area contributed by atoms with Gasteiger partial charge in [-0.25, -0.2) is 0 Å². The van der Waals surface area contributed by atoms with E-state index in [0.717, 1.165) is 11.1 Å². The second kappa shape index (κ2) is 10.5. The minimum atomic E-state index is -0.723. The van der Waals surface area contributed by atoms with E-state index < -0.39 is 17.7 Å². The van der Waals surface area contributed by atoms with E-state index in [1.165, 1.54) is 4.90 Å². The third-order valence-electron chi connectivity index (χ3n) is 5.85. The van der Waals surface area contributed by atoms with Gasteiger partial charge in [0.25, 0.3) is 11.7 Å². The van der Waals surface area contributed by atoms with Crippen LogP contribution in [0.2, 0.25) is 0 Å². The van der Waals surface area contributed by atoms with E-state index in [4.69, 9.17) is 9.47 Å². The largest absolute Gasteiger partial charge is 0.507 e. The molecular weight excluding hydrogens is 442 g/mol. The number of hydrogen-bond donors (Lipinski definition) is 1. The molecule has 1 unspecified atom stereocenters. The molecule has 0 saturated carbocycles. The first-order chi connectivity index (χ1) is 16.9. The monoisotopic (exact) mass is 471 g/mol. The Morgan fingerprint density at radius 1 is 0.943 bits per heavy atom. The predicted molar refractivity (Wildman–Crippen MR) is 134 cm³/mol. The molecule has 1 fully saturated rings. The van der Waals surface area contributed by atoms with Crippen molar-refractivity contribution in [2.75, 3.05) is 13.7 Å². The van der Waals surface area contributed by atoms with E-state index in [1.807, 2.05) is 54.6 Å². The van der Waals surface area contributed by atoms with Gasteiger partial charge in [-0.15, -0.1) is 0 Å². The summed E-state index contributed by atoms with van der Waals surface area (Å²) in [5.41, 5.74) is 2.08. The van der Waals surface area contributed by atoms with Gasteiger partial charge in [0.1, 0.15) is 17.3 Å². The minimum Gasteiger partial charge on any atom is -0.507 e. The highest BCUT2D eigenvalue weighted by atomic mass is 16.5. The zero-order valence-electron chi connectivity index (χ0n) is 20.1. The van der Waals surface area contributed by atoms with Crippen LogP contribution in [0.5, 0.6) is 11.5 Å². The number of hydrogen-bond acceptors (Lipinski definition) is 5. The number of methoxy groups -OCH3 is 1. The first-order valence-corrected chi connectivity index (χ1v) is 11.6. The molecule has 6 nitrogen and oxygen atoms in total. The third-order valence-corrected chi connectivity index (χ3v) is 5.85. The number of likely N-dealkylation sites (tertiary alicyclic amines) is 1. The lowest BCUT2D eigenvalue weighted by molar-refractivity contribution is -0.140. The molecule has 0 bridgehead atoms. The highest BCUT2D eigenvalue weighted by Crippen LogP contribution is 2.40. The highest BCUT2D eigenvalue weighted by molar-refractivity contribution is 6.46. The Morgan fingerprint density at radius 2 is 1.66 bits per heavy atom. The van der Waals surface area contributed by atoms with E-state index >= 15 is 0 Å². The number of rotatable bonds is 8. The van der Waals surface area contributed by atoms with Crippen LogP contribution in [0.15, 0.2) is 84.4 Å². The van der Waals surface area contributed by atoms with Crippen molar-refractivity contribution in [1.29, 1.82) is 0 Å². The first-order valence-electron chi connectivity index (χ1n) is 11.6. The van der Waals surface area contributed by atoms with Crippen molar-refractivity contribution in [3.63, 3.8) is 0 Å². The van der Waals surface area contributed by atoms with Gasteiger partial charge in [-0.3, -0.25) is 9.59 Å². The fourth-order valence-corrected chi connectivity index (χ4v) is 4.12. The second-order valence-corrected chi connectivity index (χ2v) is 8.92. The number of aliphatic hydroxyl groups excluding tert-OH is 1. The van der Waals surface area contributed by atoms with Gasteiger partial charge in [-0.2, -0.15) is 0 Å². The molecular formula is C29H29NO5. The first kappa shape index (κ1) is 24.1. The van der Waals surface area contributed by atoms with Crippen molar-refractivity contribution >= 4 is 17.4 Å². The van der Waals surface area contributed by atoms with Crippen LogP contribution in [0.3, 0.4) is 0 Å². The molecule has 180 valence electrons. The van der Waals surface area contributed by atoms with Crippen LogP contribution in [0.25, 0.3) is 5.76 Å². The summed E-state index contributed by atoms with van der Waals surface area (Å²) in [5.74, 6) is 0.151. The lowest BCUT2D eigenvalue weighted by atomic mass is 9.95. The van der Waals surface area contributed by atoms with Crippen molar-refractivity contribution in [2.24, 2.45) is 5.92 Å². The van der Waals surface area contributed by atoms with Crippen LogP contribution in [0.4, 0.5) is 0 Å². The number of amides is 1. The van der Waals surface area contributed by atoms with Crippen LogP contribution < -0.4 is 9.47 Å². The van der Waals surface area contributed by atoms with Gasteiger partial charge in [-0.05, 0) is 53.4 Å². The fraction of sp³-hybridized carbons (Fsp3) is 0.241. The average molecular weight is 472 g/mol. The number of nitrogens with zero attached hydrogens (tertiary/aromatic N) is 1. The standard InChI is InChI=1S/C29H29NO5/c1-19(2)18-35-23-14-12-22(13-15-23)27(31)25-26(21-9-5-4-6-10-21)30(29(33)28(25)32)17-20-8-7-11-24(16-20)34-3/h4-16,19,26,31H,17-18H2,1-3H3/b27-25-. The molecule has 6 heteroatoms. The molecule has 3 aromatic carbocycles. The minimum absolute atomic E-state index is 0.0694. The molecule has 1 N–H and O–H groups in total. The molecule has 1 amide bonds. The predicted octanol–water partition coefficient (Wildman–Crippen LogP) is 5.35. The van der Waals surface area contributed by atoms with Crippen molar-refractivity contribution in [1.82, 2.24) is 4.90 Å². The molecule has 4 rings (SSSR count). The van der Waals surface area contributed by atoms with Crippen LogP contribution in [-0.2, 0) is 16.1 Å². The lowest BCUT2D eigenvalue weighted by Crippen LogP contribution is -2.29. The molecule has 0 spiro atoms. The van der Waals surface area contributed by atoms with Crippen molar-refractivity contribution in [3.8, 4) is 11.5 Å². The molecule has 35 heavy (non-hydrogen) atoms. The number of ether oxygens (including phenoxy) is 2. The maximum atomic E-state index is 13.2. The Labute approximate surface area is 205 Å². The summed E-state index contributed by atoms with van der Waals surface area (Å²) in [7, 11) is 1.58. The molecule has 0 aromatic heterocycles. The van der Waals surface area contributed by atoms with Gasteiger partial charge in [0.2, 0.25) is 0 Å². The van der Waals surface area contributed by atoms with Crippen molar-refractivity contribution < 1.29 is 24.2 Å². The summed E-state index contributed by atoms with van der Waals surface area (Å²) in [6.45, 7) is 4.90. The van der Waals surface area contributed by atoms with Gasteiger partial charge in [-0.1, -0.05) is 56.3 Å². The van der Waals surface area contributed by atoms with Gasteiger partial charge in [0.15, 0.2) is 0 Å². The maximum Gasteiger partial charge on any atom is 0.295 e. The Kier molecular flexibility index (Phi) is 7.20. The Hall–Kier alpha value is -4.06.